The molecule has 112 valence electrons. The lowest BCUT2D eigenvalue weighted by molar-refractivity contribution is -0.114. The van der Waals surface area contributed by atoms with Gasteiger partial charge >= 0.3 is 0 Å². The third-order valence-electron chi connectivity index (χ3n) is 2.43. The minimum absolute atomic E-state index is 0.110. The first-order chi connectivity index (χ1) is 9.26. The summed E-state index contributed by atoms with van der Waals surface area (Å²) in [7, 11) is 0. The van der Waals surface area contributed by atoms with Crippen LogP contribution in [0.5, 0.6) is 0 Å². The van der Waals surface area contributed by atoms with Crippen molar-refractivity contribution < 1.29 is 14.6 Å². The highest BCUT2D eigenvalue weighted by Gasteiger charge is 2.13. The molecule has 0 heterocycles. The van der Waals surface area contributed by atoms with Gasteiger partial charge in [-0.15, -0.1) is 0 Å². The molecule has 1 rings (SSSR count). The molecule has 1 amide bonds. The summed E-state index contributed by atoms with van der Waals surface area (Å²) in [4.78, 5) is 11.0. The normalized spacial score (nSPS) is 12.8. The highest BCUT2D eigenvalue weighted by Crippen LogP contribution is 2.15. The van der Waals surface area contributed by atoms with Crippen LogP contribution in [0.2, 0.25) is 0 Å². The molecular weight excluding hydrogens is 256 g/mol. The fraction of sp³-hybridized carbons (Fsp3) is 0.533. The van der Waals surface area contributed by atoms with Crippen LogP contribution in [0.15, 0.2) is 24.3 Å². The lowest BCUT2D eigenvalue weighted by Crippen LogP contribution is -2.30. The van der Waals surface area contributed by atoms with Gasteiger partial charge in [-0.2, -0.15) is 0 Å². The van der Waals surface area contributed by atoms with E-state index in [9.17, 15) is 9.90 Å². The molecule has 0 spiro atoms. The fourth-order valence-corrected chi connectivity index (χ4v) is 1.55. The van der Waals surface area contributed by atoms with Crippen LogP contribution in [0.3, 0.4) is 0 Å². The van der Waals surface area contributed by atoms with Crippen molar-refractivity contribution in [3.63, 3.8) is 0 Å². The molecule has 0 aromatic heterocycles. The first-order valence-electron chi connectivity index (χ1n) is 6.70. The molecular formula is C15H24N2O3. The highest BCUT2D eigenvalue weighted by atomic mass is 16.5. The van der Waals surface area contributed by atoms with Gasteiger partial charge in [0.2, 0.25) is 5.91 Å². The lowest BCUT2D eigenvalue weighted by atomic mass is 10.2. The molecule has 0 aliphatic heterocycles. The topological polar surface area (TPSA) is 70.6 Å². The number of hydrogen-bond acceptors (Lipinski definition) is 4. The van der Waals surface area contributed by atoms with Gasteiger partial charge in [0, 0.05) is 24.8 Å². The van der Waals surface area contributed by atoms with E-state index in [0.717, 1.165) is 11.4 Å². The maximum atomic E-state index is 11.0. The molecule has 0 saturated heterocycles. The molecule has 5 heteroatoms. The minimum Gasteiger partial charge on any atom is -0.389 e. The number of aliphatic hydroxyl groups is 1. The number of anilines is 2. The molecule has 0 fully saturated rings. The number of aliphatic hydroxyl groups excluding tert-OH is 1. The molecule has 0 aliphatic carbocycles. The maximum absolute atomic E-state index is 11.0. The Morgan fingerprint density at radius 1 is 1.35 bits per heavy atom. The van der Waals surface area contributed by atoms with Gasteiger partial charge in [-0.1, -0.05) is 6.07 Å². The Labute approximate surface area is 120 Å². The van der Waals surface area contributed by atoms with Crippen LogP contribution in [0, 0.1) is 0 Å². The molecule has 0 bridgehead atoms. The SMILES string of the molecule is CC(=O)Nc1cccc(NCC(O)COC(C)(C)C)c1. The number of hydrogen-bond donors (Lipinski definition) is 3. The van der Waals surface area contributed by atoms with Crippen molar-refractivity contribution >= 4 is 17.3 Å². The summed E-state index contributed by atoms with van der Waals surface area (Å²) in [5.74, 6) is -0.110. The Kier molecular flexibility index (Phi) is 5.98. The largest absolute Gasteiger partial charge is 0.389 e. The standard InChI is InChI=1S/C15H24N2O3/c1-11(18)17-13-7-5-6-12(8-13)16-9-14(19)10-20-15(2,3)4/h5-8,14,16,19H,9-10H2,1-4H3,(H,17,18). The summed E-state index contributed by atoms with van der Waals surface area (Å²) >= 11 is 0. The van der Waals surface area contributed by atoms with Gasteiger partial charge in [-0.25, -0.2) is 0 Å². The summed E-state index contributed by atoms with van der Waals surface area (Å²) in [5.41, 5.74) is 1.31. The average Bonchev–Trinajstić information content (AvgIpc) is 2.32. The first kappa shape index (κ1) is 16.5. The molecule has 0 aliphatic rings. The summed E-state index contributed by atoms with van der Waals surface area (Å²) in [5, 5.41) is 15.7. The van der Waals surface area contributed by atoms with Crippen LogP contribution in [0.4, 0.5) is 11.4 Å². The van der Waals surface area contributed by atoms with Crippen LogP contribution in [-0.4, -0.2) is 35.9 Å². The Balaban J connectivity index is 2.43. The molecule has 0 saturated carbocycles. The maximum Gasteiger partial charge on any atom is 0.221 e. The summed E-state index contributed by atoms with van der Waals surface area (Å²) in [6.07, 6.45) is -0.585. The van der Waals surface area contributed by atoms with Crippen molar-refractivity contribution in [2.45, 2.75) is 39.4 Å². The molecule has 3 N–H and O–H groups in total. The summed E-state index contributed by atoms with van der Waals surface area (Å²) in [6, 6.07) is 7.35. The van der Waals surface area contributed by atoms with Crippen LogP contribution in [0.1, 0.15) is 27.7 Å². The molecule has 0 radical (unpaired) electrons. The second kappa shape index (κ2) is 7.26. The number of benzene rings is 1. The number of rotatable bonds is 6. The molecule has 1 aromatic rings. The predicted molar refractivity (Wildman–Crippen MR) is 80.9 cm³/mol. The number of carbonyl (C=O) groups is 1. The monoisotopic (exact) mass is 280 g/mol. The predicted octanol–water partition coefficient (Wildman–Crippen LogP) is 2.23. The van der Waals surface area contributed by atoms with Gasteiger partial charge < -0.3 is 20.5 Å². The first-order valence-corrected chi connectivity index (χ1v) is 6.70. The number of nitrogens with one attached hydrogen (secondary N) is 2. The van der Waals surface area contributed by atoms with E-state index >= 15 is 0 Å². The van der Waals surface area contributed by atoms with Crippen molar-refractivity contribution in [2.24, 2.45) is 0 Å². The smallest absolute Gasteiger partial charge is 0.221 e. The van der Waals surface area contributed by atoms with Gasteiger partial charge in [0.15, 0.2) is 0 Å². The van der Waals surface area contributed by atoms with E-state index in [1.165, 1.54) is 6.92 Å². The van der Waals surface area contributed by atoms with Crippen molar-refractivity contribution in [2.75, 3.05) is 23.8 Å². The van der Waals surface area contributed by atoms with E-state index in [4.69, 9.17) is 4.74 Å². The van der Waals surface area contributed by atoms with E-state index in [1.54, 1.807) is 0 Å². The third-order valence-corrected chi connectivity index (χ3v) is 2.43. The van der Waals surface area contributed by atoms with Gasteiger partial charge in [-0.05, 0) is 39.0 Å². The molecule has 1 atom stereocenters. The van der Waals surface area contributed by atoms with Crippen molar-refractivity contribution in [3.8, 4) is 0 Å². The Hall–Kier alpha value is -1.59. The summed E-state index contributed by atoms with van der Waals surface area (Å²) in [6.45, 7) is 7.98. The number of carbonyl (C=O) groups excluding carboxylic acids is 1. The second-order valence-corrected chi connectivity index (χ2v) is 5.72. The highest BCUT2D eigenvalue weighted by molar-refractivity contribution is 5.89. The van der Waals surface area contributed by atoms with E-state index in [1.807, 2.05) is 45.0 Å². The van der Waals surface area contributed by atoms with E-state index < -0.39 is 6.10 Å². The van der Waals surface area contributed by atoms with E-state index in [-0.39, 0.29) is 18.1 Å². The van der Waals surface area contributed by atoms with E-state index in [2.05, 4.69) is 10.6 Å². The third kappa shape index (κ3) is 7.11. The van der Waals surface area contributed by atoms with Gasteiger partial charge in [0.1, 0.15) is 0 Å². The van der Waals surface area contributed by atoms with Crippen LogP contribution < -0.4 is 10.6 Å². The quantitative estimate of drug-likeness (QED) is 0.747. The van der Waals surface area contributed by atoms with Crippen molar-refractivity contribution in [1.82, 2.24) is 0 Å². The molecule has 5 nitrogen and oxygen atoms in total. The van der Waals surface area contributed by atoms with Gasteiger partial charge in [-0.3, -0.25) is 4.79 Å². The van der Waals surface area contributed by atoms with Crippen LogP contribution in [0.25, 0.3) is 0 Å². The van der Waals surface area contributed by atoms with Gasteiger partial charge in [0.25, 0.3) is 0 Å². The molecule has 1 unspecified atom stereocenters. The van der Waals surface area contributed by atoms with Gasteiger partial charge in [0.05, 0.1) is 18.3 Å². The van der Waals surface area contributed by atoms with Crippen molar-refractivity contribution in [3.05, 3.63) is 24.3 Å². The number of amides is 1. The fourth-order valence-electron chi connectivity index (χ4n) is 1.55. The van der Waals surface area contributed by atoms with Crippen molar-refractivity contribution in [1.29, 1.82) is 0 Å². The second-order valence-electron chi connectivity index (χ2n) is 5.72. The zero-order chi connectivity index (χ0) is 15.2. The number of ether oxygens (including phenoxy) is 1. The van der Waals surface area contributed by atoms with Crippen LogP contribution >= 0.6 is 0 Å². The Morgan fingerprint density at radius 2 is 2.00 bits per heavy atom. The average molecular weight is 280 g/mol. The lowest BCUT2D eigenvalue weighted by Gasteiger charge is -2.22. The summed E-state index contributed by atoms with van der Waals surface area (Å²) < 4.78 is 5.51. The minimum atomic E-state index is -0.585. The Bertz CT molecular complexity index is 441. The zero-order valence-corrected chi connectivity index (χ0v) is 12.6. The molecule has 20 heavy (non-hydrogen) atoms. The molecule has 1 aromatic carbocycles. The van der Waals surface area contributed by atoms with Crippen LogP contribution in [-0.2, 0) is 9.53 Å². The van der Waals surface area contributed by atoms with E-state index in [0.29, 0.717) is 6.54 Å². The Morgan fingerprint density at radius 3 is 2.60 bits per heavy atom. The zero-order valence-electron chi connectivity index (χ0n) is 12.6.